The lowest BCUT2D eigenvalue weighted by atomic mass is 10.1. The summed E-state index contributed by atoms with van der Waals surface area (Å²) in [4.78, 5) is 17.1. The van der Waals surface area contributed by atoms with Gasteiger partial charge in [0.15, 0.2) is 0 Å². The molecule has 1 aliphatic heterocycles. The van der Waals surface area contributed by atoms with Crippen molar-refractivity contribution in [2.45, 2.75) is 64.5 Å². The lowest BCUT2D eigenvalue weighted by Crippen LogP contribution is -2.43. The molecule has 28 heavy (non-hydrogen) atoms. The first-order chi connectivity index (χ1) is 13.5. The van der Waals surface area contributed by atoms with Crippen LogP contribution >= 0.6 is 0 Å². The average molecular weight is 388 g/mol. The van der Waals surface area contributed by atoms with Crippen molar-refractivity contribution in [2.24, 2.45) is 11.7 Å². The quantitative estimate of drug-likeness (QED) is 0.627. The minimum Gasteiger partial charge on any atom is -0.493 e. The predicted octanol–water partition coefficient (Wildman–Crippen LogP) is 3.12. The van der Waals surface area contributed by atoms with Crippen LogP contribution in [0.2, 0.25) is 0 Å². The van der Waals surface area contributed by atoms with Gasteiger partial charge in [-0.3, -0.25) is 9.69 Å². The van der Waals surface area contributed by atoms with Crippen molar-refractivity contribution in [3.8, 4) is 5.75 Å². The minimum atomic E-state index is 0.245. The number of rotatable bonds is 10. The third-order valence-electron chi connectivity index (χ3n) is 6.27. The van der Waals surface area contributed by atoms with Gasteiger partial charge in [0.2, 0.25) is 5.91 Å². The maximum absolute atomic E-state index is 12.7. The van der Waals surface area contributed by atoms with Crippen LogP contribution in [0.3, 0.4) is 0 Å². The third kappa shape index (κ3) is 5.71. The normalized spacial score (nSPS) is 22.4. The molecule has 156 valence electrons. The topological polar surface area (TPSA) is 58.8 Å². The number of carbonyl (C=O) groups excluding carboxylic acids is 1. The summed E-state index contributed by atoms with van der Waals surface area (Å²) >= 11 is 0. The zero-order valence-corrected chi connectivity index (χ0v) is 17.8. The van der Waals surface area contributed by atoms with E-state index in [0.717, 1.165) is 49.6 Å². The molecule has 0 aromatic heterocycles. The fourth-order valence-corrected chi connectivity index (χ4v) is 4.31. The Bertz CT molecular complexity index is 659. The molecule has 0 spiro atoms. The zero-order chi connectivity index (χ0) is 20.1. The van der Waals surface area contributed by atoms with Gasteiger partial charge in [-0.2, -0.15) is 0 Å². The summed E-state index contributed by atoms with van der Waals surface area (Å²) in [5.41, 5.74) is 8.38. The first kappa shape index (κ1) is 21.1. The Hall–Kier alpha value is -1.59. The summed E-state index contributed by atoms with van der Waals surface area (Å²) in [7, 11) is 1.92. The molecule has 2 N–H and O–H groups in total. The number of benzene rings is 1. The summed E-state index contributed by atoms with van der Waals surface area (Å²) in [6.07, 6.45) is 6.39. The highest BCUT2D eigenvalue weighted by molar-refractivity contribution is 5.76. The third-order valence-corrected chi connectivity index (χ3v) is 6.27. The SMILES string of the molecule is Cc1ccc(OCCCN(C)C(=O)C[C@@H]2CC[C@H](CN)N2CC2CC2)c(C)c1. The summed E-state index contributed by atoms with van der Waals surface area (Å²) in [6, 6.07) is 7.07. The van der Waals surface area contributed by atoms with E-state index in [1.165, 1.54) is 18.4 Å². The van der Waals surface area contributed by atoms with E-state index in [2.05, 4.69) is 30.9 Å². The molecule has 5 heteroatoms. The van der Waals surface area contributed by atoms with Crippen LogP contribution in [0.15, 0.2) is 18.2 Å². The molecule has 0 unspecified atom stereocenters. The van der Waals surface area contributed by atoms with Crippen molar-refractivity contribution in [1.82, 2.24) is 9.80 Å². The molecular weight excluding hydrogens is 350 g/mol. The van der Waals surface area contributed by atoms with Gasteiger partial charge in [-0.1, -0.05) is 17.7 Å². The minimum absolute atomic E-state index is 0.245. The molecule has 1 heterocycles. The van der Waals surface area contributed by atoms with Crippen LogP contribution in [-0.2, 0) is 4.79 Å². The molecule has 1 aromatic carbocycles. The summed E-state index contributed by atoms with van der Waals surface area (Å²) in [5.74, 6) is 2.02. The maximum atomic E-state index is 12.7. The molecule has 1 saturated carbocycles. The molecule has 1 aromatic rings. The van der Waals surface area contributed by atoms with Gasteiger partial charge in [-0.05, 0) is 63.5 Å². The number of nitrogens with zero attached hydrogens (tertiary/aromatic N) is 2. The smallest absolute Gasteiger partial charge is 0.223 e. The molecule has 0 bridgehead atoms. The van der Waals surface area contributed by atoms with Gasteiger partial charge >= 0.3 is 0 Å². The fraction of sp³-hybridized carbons (Fsp3) is 0.696. The zero-order valence-electron chi connectivity index (χ0n) is 17.8. The number of likely N-dealkylation sites (tertiary alicyclic amines) is 1. The Kier molecular flexibility index (Phi) is 7.36. The van der Waals surface area contributed by atoms with Crippen molar-refractivity contribution in [2.75, 3.05) is 33.3 Å². The highest BCUT2D eigenvalue weighted by Crippen LogP contribution is 2.35. The van der Waals surface area contributed by atoms with Gasteiger partial charge in [0.1, 0.15) is 5.75 Å². The van der Waals surface area contributed by atoms with Gasteiger partial charge in [0.05, 0.1) is 6.61 Å². The number of ether oxygens (including phenoxy) is 1. The second-order valence-corrected chi connectivity index (χ2v) is 8.75. The number of nitrogens with two attached hydrogens (primary N) is 1. The van der Waals surface area contributed by atoms with E-state index in [4.69, 9.17) is 10.5 Å². The van der Waals surface area contributed by atoms with E-state index < -0.39 is 0 Å². The Morgan fingerprint density at radius 2 is 1.96 bits per heavy atom. The predicted molar refractivity (Wildman–Crippen MR) is 114 cm³/mol. The van der Waals surface area contributed by atoms with Crippen LogP contribution in [0.1, 0.15) is 49.7 Å². The number of aryl methyl sites for hydroxylation is 2. The van der Waals surface area contributed by atoms with Crippen LogP contribution < -0.4 is 10.5 Å². The monoisotopic (exact) mass is 387 g/mol. The molecule has 1 saturated heterocycles. The number of amides is 1. The van der Waals surface area contributed by atoms with E-state index in [-0.39, 0.29) is 5.91 Å². The summed E-state index contributed by atoms with van der Waals surface area (Å²) < 4.78 is 5.89. The largest absolute Gasteiger partial charge is 0.493 e. The standard InChI is InChI=1S/C23H37N3O2/c1-17-5-10-22(18(2)13-17)28-12-4-11-25(3)23(27)14-20-8-9-21(15-24)26(20)16-19-6-7-19/h5,10,13,19-21H,4,6-9,11-12,14-16,24H2,1-3H3/t20-,21+/m0/s1. The molecule has 5 nitrogen and oxygen atoms in total. The van der Waals surface area contributed by atoms with Crippen LogP contribution in [0.25, 0.3) is 0 Å². The van der Waals surface area contributed by atoms with Crippen LogP contribution in [0.5, 0.6) is 5.75 Å². The van der Waals surface area contributed by atoms with Crippen molar-refractivity contribution >= 4 is 5.91 Å². The van der Waals surface area contributed by atoms with E-state index in [1.807, 2.05) is 18.0 Å². The Balaban J connectivity index is 1.40. The first-order valence-electron chi connectivity index (χ1n) is 10.9. The molecule has 1 aliphatic carbocycles. The molecule has 2 aliphatic rings. The number of hydrogen-bond acceptors (Lipinski definition) is 4. The van der Waals surface area contributed by atoms with E-state index in [1.54, 1.807) is 0 Å². The highest BCUT2D eigenvalue weighted by Gasteiger charge is 2.37. The lowest BCUT2D eigenvalue weighted by Gasteiger charge is -2.30. The molecule has 2 fully saturated rings. The second-order valence-electron chi connectivity index (χ2n) is 8.75. The van der Waals surface area contributed by atoms with Crippen LogP contribution in [0, 0.1) is 19.8 Å². The van der Waals surface area contributed by atoms with E-state index >= 15 is 0 Å². The van der Waals surface area contributed by atoms with Gasteiger partial charge < -0.3 is 15.4 Å². The number of carbonyl (C=O) groups is 1. The summed E-state index contributed by atoms with van der Waals surface area (Å²) in [5, 5.41) is 0. The van der Waals surface area contributed by atoms with Crippen molar-refractivity contribution < 1.29 is 9.53 Å². The van der Waals surface area contributed by atoms with Gasteiger partial charge in [0.25, 0.3) is 0 Å². The summed E-state index contributed by atoms with van der Waals surface area (Å²) in [6.45, 7) is 7.37. The Labute approximate surface area is 170 Å². The maximum Gasteiger partial charge on any atom is 0.223 e. The molecule has 1 amide bonds. The van der Waals surface area contributed by atoms with Crippen molar-refractivity contribution in [3.63, 3.8) is 0 Å². The molecule has 2 atom stereocenters. The van der Waals surface area contributed by atoms with E-state index in [9.17, 15) is 4.79 Å². The van der Waals surface area contributed by atoms with Crippen molar-refractivity contribution in [1.29, 1.82) is 0 Å². The lowest BCUT2D eigenvalue weighted by molar-refractivity contribution is -0.131. The fourth-order valence-electron chi connectivity index (χ4n) is 4.31. The molecular formula is C23H37N3O2. The van der Waals surface area contributed by atoms with Gasteiger partial charge in [-0.25, -0.2) is 0 Å². The van der Waals surface area contributed by atoms with Crippen molar-refractivity contribution in [3.05, 3.63) is 29.3 Å². The van der Waals surface area contributed by atoms with E-state index in [0.29, 0.717) is 31.7 Å². The van der Waals surface area contributed by atoms with Crippen LogP contribution in [-0.4, -0.2) is 61.1 Å². The van der Waals surface area contributed by atoms with Crippen LogP contribution in [0.4, 0.5) is 0 Å². The first-order valence-corrected chi connectivity index (χ1v) is 10.9. The van der Waals surface area contributed by atoms with Gasteiger partial charge in [-0.15, -0.1) is 0 Å². The van der Waals surface area contributed by atoms with Gasteiger partial charge in [0, 0.05) is 45.2 Å². The molecule has 0 radical (unpaired) electrons. The number of hydrogen-bond donors (Lipinski definition) is 1. The Morgan fingerprint density at radius 3 is 2.64 bits per heavy atom. The highest BCUT2D eigenvalue weighted by atomic mass is 16.5. The average Bonchev–Trinajstić information content (AvgIpc) is 3.41. The second kappa shape index (κ2) is 9.75. The molecule has 3 rings (SSSR count). The Morgan fingerprint density at radius 1 is 1.21 bits per heavy atom.